The number of rotatable bonds is 5. The lowest BCUT2D eigenvalue weighted by atomic mass is 9.90. The molecular formula is C12H25NOS. The van der Waals surface area contributed by atoms with Crippen molar-refractivity contribution in [3.05, 3.63) is 0 Å². The van der Waals surface area contributed by atoms with Crippen LogP contribution < -0.4 is 5.32 Å². The molecule has 1 saturated carbocycles. The zero-order valence-electron chi connectivity index (χ0n) is 10.3. The van der Waals surface area contributed by atoms with Crippen LogP contribution in [0.5, 0.6) is 0 Å². The second-order valence-corrected chi connectivity index (χ2v) is 5.96. The van der Waals surface area contributed by atoms with Gasteiger partial charge in [-0.15, -0.1) is 0 Å². The van der Waals surface area contributed by atoms with Gasteiger partial charge in [0.25, 0.3) is 0 Å². The van der Waals surface area contributed by atoms with Crippen molar-refractivity contribution in [3.63, 3.8) is 0 Å². The lowest BCUT2D eigenvalue weighted by molar-refractivity contribution is 0.148. The second-order valence-electron chi connectivity index (χ2n) is 4.88. The van der Waals surface area contributed by atoms with E-state index >= 15 is 0 Å². The molecule has 90 valence electrons. The van der Waals surface area contributed by atoms with Crippen LogP contribution in [0, 0.1) is 0 Å². The van der Waals surface area contributed by atoms with Crippen LogP contribution >= 0.6 is 11.8 Å². The maximum atomic E-state index is 9.41. The molecule has 2 N–H and O–H groups in total. The Bertz CT molecular complexity index is 182. The first-order valence-corrected chi connectivity index (χ1v) is 7.35. The molecule has 2 nitrogen and oxygen atoms in total. The lowest BCUT2D eigenvalue weighted by Gasteiger charge is -2.38. The Kier molecular flexibility index (Phi) is 5.44. The van der Waals surface area contributed by atoms with E-state index < -0.39 is 0 Å². The van der Waals surface area contributed by atoms with Gasteiger partial charge in [-0.1, -0.05) is 19.8 Å². The average molecular weight is 231 g/mol. The number of thioether (sulfide) groups is 1. The van der Waals surface area contributed by atoms with Gasteiger partial charge in [-0.05, 0) is 32.4 Å². The number of aliphatic hydroxyl groups excluding tert-OH is 1. The highest BCUT2D eigenvalue weighted by Crippen LogP contribution is 2.28. The molecular weight excluding hydrogens is 206 g/mol. The summed E-state index contributed by atoms with van der Waals surface area (Å²) in [5.74, 6) is 0. The van der Waals surface area contributed by atoms with E-state index in [1.165, 1.54) is 25.7 Å². The van der Waals surface area contributed by atoms with E-state index in [-0.39, 0.29) is 12.1 Å². The van der Waals surface area contributed by atoms with E-state index in [4.69, 9.17) is 0 Å². The molecule has 3 unspecified atom stereocenters. The van der Waals surface area contributed by atoms with Gasteiger partial charge >= 0.3 is 0 Å². The molecule has 0 aromatic rings. The molecule has 0 saturated heterocycles. The van der Waals surface area contributed by atoms with Crippen LogP contribution in [-0.4, -0.2) is 34.8 Å². The van der Waals surface area contributed by atoms with Crippen LogP contribution in [0.3, 0.4) is 0 Å². The van der Waals surface area contributed by atoms with Gasteiger partial charge in [-0.2, -0.15) is 11.8 Å². The Balaban J connectivity index is 2.53. The summed E-state index contributed by atoms with van der Waals surface area (Å²) in [6.45, 7) is 4.50. The first-order chi connectivity index (χ1) is 7.15. The van der Waals surface area contributed by atoms with Gasteiger partial charge in [0, 0.05) is 16.8 Å². The van der Waals surface area contributed by atoms with Gasteiger partial charge in [-0.25, -0.2) is 0 Å². The number of aliphatic hydroxyl groups is 1. The molecule has 1 fully saturated rings. The summed E-state index contributed by atoms with van der Waals surface area (Å²) in [7, 11) is 0. The normalized spacial score (nSPS) is 31.2. The van der Waals surface area contributed by atoms with Gasteiger partial charge in [0.2, 0.25) is 0 Å². The van der Waals surface area contributed by atoms with Gasteiger partial charge in [0.15, 0.2) is 0 Å². The van der Waals surface area contributed by atoms with Gasteiger partial charge < -0.3 is 10.4 Å². The van der Waals surface area contributed by atoms with Crippen molar-refractivity contribution in [2.75, 3.05) is 12.9 Å². The highest BCUT2D eigenvalue weighted by molar-refractivity contribution is 7.99. The van der Waals surface area contributed by atoms with Gasteiger partial charge in [0.1, 0.15) is 0 Å². The fourth-order valence-electron chi connectivity index (χ4n) is 2.25. The molecule has 3 heteroatoms. The Morgan fingerprint density at radius 3 is 2.60 bits per heavy atom. The number of nitrogens with one attached hydrogen (secondary N) is 1. The van der Waals surface area contributed by atoms with Crippen molar-refractivity contribution in [2.45, 2.75) is 62.8 Å². The molecule has 0 aliphatic heterocycles. The summed E-state index contributed by atoms with van der Waals surface area (Å²) >= 11 is 1.97. The van der Waals surface area contributed by atoms with Crippen LogP contribution in [0.15, 0.2) is 0 Å². The van der Waals surface area contributed by atoms with Crippen LogP contribution in [0.1, 0.15) is 46.0 Å². The first-order valence-electron chi connectivity index (χ1n) is 6.06. The van der Waals surface area contributed by atoms with Crippen molar-refractivity contribution in [3.8, 4) is 0 Å². The molecule has 0 aromatic carbocycles. The fraction of sp³-hybridized carbons (Fsp3) is 1.00. The Morgan fingerprint density at radius 1 is 1.40 bits per heavy atom. The molecule has 0 spiro atoms. The number of hydrogen-bond donors (Lipinski definition) is 2. The topological polar surface area (TPSA) is 32.3 Å². The maximum absolute atomic E-state index is 9.41. The molecule has 0 heterocycles. The third-order valence-electron chi connectivity index (χ3n) is 3.67. The molecule has 1 rings (SSSR count). The standard InChI is InChI=1S/C12H25NOS/c1-4-12(2,9-14)13-10-7-5-6-8-11(10)15-3/h10-11,13-14H,4-9H2,1-3H3. The molecule has 1 aliphatic carbocycles. The SMILES string of the molecule is CCC(C)(CO)NC1CCCCC1SC. The Labute approximate surface area is 98.2 Å². The van der Waals surface area contributed by atoms with Crippen LogP contribution in [0.2, 0.25) is 0 Å². The van der Waals surface area contributed by atoms with Crippen molar-refractivity contribution in [1.29, 1.82) is 0 Å². The maximum Gasteiger partial charge on any atom is 0.0610 e. The summed E-state index contributed by atoms with van der Waals surface area (Å²) in [6, 6.07) is 0.589. The summed E-state index contributed by atoms with van der Waals surface area (Å²) in [5, 5.41) is 13.8. The zero-order valence-corrected chi connectivity index (χ0v) is 11.1. The highest BCUT2D eigenvalue weighted by Gasteiger charge is 2.30. The zero-order chi connectivity index (χ0) is 11.3. The van der Waals surface area contributed by atoms with Crippen molar-refractivity contribution < 1.29 is 5.11 Å². The van der Waals surface area contributed by atoms with Crippen LogP contribution in [0.25, 0.3) is 0 Å². The van der Waals surface area contributed by atoms with E-state index in [0.717, 1.165) is 11.7 Å². The summed E-state index contributed by atoms with van der Waals surface area (Å²) in [6.07, 6.45) is 8.48. The third-order valence-corrected chi connectivity index (χ3v) is 4.84. The van der Waals surface area contributed by atoms with Crippen LogP contribution in [-0.2, 0) is 0 Å². The third kappa shape index (κ3) is 3.65. The van der Waals surface area contributed by atoms with Gasteiger partial charge in [-0.3, -0.25) is 0 Å². The average Bonchev–Trinajstić information content (AvgIpc) is 2.29. The van der Waals surface area contributed by atoms with E-state index in [2.05, 4.69) is 25.4 Å². The molecule has 0 amide bonds. The minimum atomic E-state index is -0.0873. The molecule has 0 bridgehead atoms. The predicted octanol–water partition coefficient (Wildman–Crippen LogP) is 2.41. The minimum absolute atomic E-state index is 0.0873. The fourth-order valence-corrected chi connectivity index (χ4v) is 3.19. The van der Waals surface area contributed by atoms with Gasteiger partial charge in [0.05, 0.1) is 6.61 Å². The van der Waals surface area contributed by atoms with Crippen molar-refractivity contribution >= 4 is 11.8 Å². The quantitative estimate of drug-likeness (QED) is 0.762. The molecule has 15 heavy (non-hydrogen) atoms. The smallest absolute Gasteiger partial charge is 0.0610 e. The first kappa shape index (κ1) is 13.3. The van der Waals surface area contributed by atoms with E-state index in [0.29, 0.717) is 6.04 Å². The Morgan fingerprint density at radius 2 is 2.07 bits per heavy atom. The molecule has 0 aromatic heterocycles. The largest absolute Gasteiger partial charge is 0.394 e. The summed E-state index contributed by atoms with van der Waals surface area (Å²) < 4.78 is 0. The van der Waals surface area contributed by atoms with E-state index in [1.54, 1.807) is 0 Å². The van der Waals surface area contributed by atoms with E-state index in [9.17, 15) is 5.11 Å². The molecule has 3 atom stereocenters. The summed E-state index contributed by atoms with van der Waals surface area (Å²) in [5.41, 5.74) is -0.0873. The number of hydrogen-bond acceptors (Lipinski definition) is 3. The molecule has 0 radical (unpaired) electrons. The van der Waals surface area contributed by atoms with E-state index in [1.807, 2.05) is 11.8 Å². The highest BCUT2D eigenvalue weighted by atomic mass is 32.2. The Hall–Kier alpha value is 0.270. The monoisotopic (exact) mass is 231 g/mol. The lowest BCUT2D eigenvalue weighted by Crippen LogP contribution is -2.54. The predicted molar refractivity (Wildman–Crippen MR) is 68.5 cm³/mol. The molecule has 1 aliphatic rings. The minimum Gasteiger partial charge on any atom is -0.394 e. The van der Waals surface area contributed by atoms with Crippen molar-refractivity contribution in [1.82, 2.24) is 5.32 Å². The van der Waals surface area contributed by atoms with Crippen LogP contribution in [0.4, 0.5) is 0 Å². The van der Waals surface area contributed by atoms with Crippen molar-refractivity contribution in [2.24, 2.45) is 0 Å². The summed E-state index contributed by atoms with van der Waals surface area (Å²) in [4.78, 5) is 0. The second kappa shape index (κ2) is 6.12.